The monoisotopic (exact) mass is 189 g/mol. The molecule has 1 unspecified atom stereocenters. The van der Waals surface area contributed by atoms with Crippen LogP contribution in [0.4, 0.5) is 13.2 Å². The van der Waals surface area contributed by atoms with Gasteiger partial charge in [-0.3, -0.25) is 0 Å². The van der Waals surface area contributed by atoms with Crippen LogP contribution in [0.3, 0.4) is 0 Å². The van der Waals surface area contributed by atoms with Gasteiger partial charge in [0.15, 0.2) is 5.60 Å². The van der Waals surface area contributed by atoms with Crippen LogP contribution in [-0.2, 0) is 5.60 Å². The lowest BCUT2D eigenvalue weighted by Gasteiger charge is -2.26. The molecule has 0 saturated carbocycles. The van der Waals surface area contributed by atoms with Crippen molar-refractivity contribution in [3.8, 4) is 0 Å². The number of rotatable bonds is 1. The predicted molar refractivity (Wildman–Crippen MR) is 41.8 cm³/mol. The third-order valence-electron chi connectivity index (χ3n) is 1.72. The Morgan fingerprint density at radius 3 is 1.92 bits per heavy atom. The first-order valence-corrected chi connectivity index (χ1v) is 3.55. The van der Waals surface area contributed by atoms with E-state index in [4.69, 9.17) is 5.11 Å². The molecule has 71 valence electrons. The van der Waals surface area contributed by atoms with Gasteiger partial charge in [0.25, 0.3) is 0 Å². The smallest absolute Gasteiger partial charge is 0.376 e. The molecule has 0 aliphatic heterocycles. The first-order valence-electron chi connectivity index (χ1n) is 3.55. The molecule has 1 aromatic carbocycles. The van der Waals surface area contributed by atoms with Crippen LogP contribution in [0, 0.1) is 6.92 Å². The van der Waals surface area contributed by atoms with Crippen LogP contribution < -0.4 is 0 Å². The SMILES string of the molecule is [CH2]C(O)(c1ccccc1)C(F)(F)F. The van der Waals surface area contributed by atoms with E-state index in [1.807, 2.05) is 0 Å². The van der Waals surface area contributed by atoms with Crippen LogP contribution in [0.2, 0.25) is 0 Å². The van der Waals surface area contributed by atoms with Crippen molar-refractivity contribution >= 4 is 0 Å². The van der Waals surface area contributed by atoms with Crippen LogP contribution in [0.25, 0.3) is 0 Å². The second kappa shape index (κ2) is 3.03. The fraction of sp³-hybridized carbons (Fsp3) is 0.222. The van der Waals surface area contributed by atoms with E-state index in [0.717, 1.165) is 0 Å². The van der Waals surface area contributed by atoms with Crippen molar-refractivity contribution in [2.75, 3.05) is 0 Å². The highest BCUT2D eigenvalue weighted by atomic mass is 19.4. The van der Waals surface area contributed by atoms with E-state index in [1.165, 1.54) is 24.3 Å². The molecule has 1 aromatic rings. The number of halogens is 3. The largest absolute Gasteiger partial charge is 0.421 e. The molecular weight excluding hydrogens is 181 g/mol. The minimum absolute atomic E-state index is 0.262. The third-order valence-corrected chi connectivity index (χ3v) is 1.72. The van der Waals surface area contributed by atoms with E-state index in [1.54, 1.807) is 6.07 Å². The Hall–Kier alpha value is -1.03. The third kappa shape index (κ3) is 1.83. The molecule has 4 heteroatoms. The highest BCUT2D eigenvalue weighted by Crippen LogP contribution is 2.37. The number of alkyl halides is 3. The van der Waals surface area contributed by atoms with Gasteiger partial charge >= 0.3 is 6.18 Å². The Morgan fingerprint density at radius 1 is 1.08 bits per heavy atom. The fourth-order valence-electron chi connectivity index (χ4n) is 0.878. The molecule has 0 spiro atoms. The second-order valence-electron chi connectivity index (χ2n) is 2.72. The molecule has 0 bridgehead atoms. The molecular formula is C9H8F3O. The molecule has 1 radical (unpaired) electrons. The van der Waals surface area contributed by atoms with Crippen LogP contribution in [-0.4, -0.2) is 11.3 Å². The van der Waals surface area contributed by atoms with Crippen molar-refractivity contribution in [1.82, 2.24) is 0 Å². The highest BCUT2D eigenvalue weighted by Gasteiger charge is 2.51. The number of benzene rings is 1. The quantitative estimate of drug-likeness (QED) is 0.718. The first kappa shape index (κ1) is 10.1. The summed E-state index contributed by atoms with van der Waals surface area (Å²) in [6.45, 7) is 2.74. The minimum Gasteiger partial charge on any atom is -0.376 e. The van der Waals surface area contributed by atoms with Crippen molar-refractivity contribution in [3.05, 3.63) is 42.8 Å². The average Bonchev–Trinajstić information content (AvgIpc) is 2.04. The van der Waals surface area contributed by atoms with Crippen molar-refractivity contribution in [1.29, 1.82) is 0 Å². The van der Waals surface area contributed by atoms with Gasteiger partial charge in [-0.05, 0) is 12.5 Å². The Balaban J connectivity index is 3.08. The molecule has 13 heavy (non-hydrogen) atoms. The molecule has 0 aromatic heterocycles. The summed E-state index contributed by atoms with van der Waals surface area (Å²) in [5.74, 6) is 0. The molecule has 1 N–H and O–H groups in total. The minimum atomic E-state index is -4.76. The lowest BCUT2D eigenvalue weighted by Crippen LogP contribution is -2.39. The molecule has 0 saturated heterocycles. The van der Waals surface area contributed by atoms with Crippen molar-refractivity contribution < 1.29 is 18.3 Å². The van der Waals surface area contributed by atoms with Gasteiger partial charge in [0.05, 0.1) is 0 Å². The van der Waals surface area contributed by atoms with Crippen molar-refractivity contribution in [2.45, 2.75) is 11.8 Å². The van der Waals surface area contributed by atoms with E-state index in [9.17, 15) is 13.2 Å². The normalized spacial score (nSPS) is 16.7. The zero-order chi connectivity index (χ0) is 10.1. The lowest BCUT2D eigenvalue weighted by molar-refractivity contribution is -0.246. The number of hydrogen-bond donors (Lipinski definition) is 1. The van der Waals surface area contributed by atoms with E-state index < -0.39 is 11.8 Å². The van der Waals surface area contributed by atoms with Gasteiger partial charge in [0.2, 0.25) is 0 Å². The van der Waals surface area contributed by atoms with Gasteiger partial charge in [-0.2, -0.15) is 13.2 Å². The van der Waals surface area contributed by atoms with E-state index in [2.05, 4.69) is 6.92 Å². The number of aliphatic hydroxyl groups is 1. The van der Waals surface area contributed by atoms with Gasteiger partial charge in [0, 0.05) is 0 Å². The van der Waals surface area contributed by atoms with Gasteiger partial charge in [-0.25, -0.2) is 0 Å². The molecule has 0 fully saturated rings. The summed E-state index contributed by atoms with van der Waals surface area (Å²) in [5.41, 5.74) is -3.28. The van der Waals surface area contributed by atoms with Gasteiger partial charge in [-0.1, -0.05) is 30.3 Å². The zero-order valence-electron chi connectivity index (χ0n) is 6.67. The molecule has 1 nitrogen and oxygen atoms in total. The molecule has 1 atom stereocenters. The lowest BCUT2D eigenvalue weighted by atomic mass is 9.96. The maximum atomic E-state index is 12.2. The van der Waals surface area contributed by atoms with Crippen molar-refractivity contribution in [3.63, 3.8) is 0 Å². The Kier molecular flexibility index (Phi) is 2.34. The van der Waals surface area contributed by atoms with Crippen LogP contribution >= 0.6 is 0 Å². The topological polar surface area (TPSA) is 20.2 Å². The summed E-state index contributed by atoms with van der Waals surface area (Å²) in [6, 6.07) is 6.76. The molecule has 0 aliphatic rings. The van der Waals surface area contributed by atoms with Crippen LogP contribution in [0.1, 0.15) is 5.56 Å². The highest BCUT2D eigenvalue weighted by molar-refractivity contribution is 5.25. The average molecular weight is 189 g/mol. The second-order valence-corrected chi connectivity index (χ2v) is 2.72. The predicted octanol–water partition coefficient (Wildman–Crippen LogP) is 2.27. The molecule has 0 heterocycles. The summed E-state index contributed by atoms with van der Waals surface area (Å²) in [4.78, 5) is 0. The summed E-state index contributed by atoms with van der Waals surface area (Å²) in [5, 5.41) is 9.09. The summed E-state index contributed by atoms with van der Waals surface area (Å²) >= 11 is 0. The van der Waals surface area contributed by atoms with Crippen molar-refractivity contribution in [2.24, 2.45) is 0 Å². The molecule has 0 amide bonds. The Labute approximate surface area is 73.8 Å². The standard InChI is InChI=1S/C9H8F3O/c1-8(13,9(10,11)12)7-5-3-2-4-6-7/h2-6,13H,1H2. The molecule has 0 aliphatic carbocycles. The van der Waals surface area contributed by atoms with E-state index in [0.29, 0.717) is 0 Å². The summed E-state index contributed by atoms with van der Waals surface area (Å²) in [6.07, 6.45) is -4.76. The molecule has 1 rings (SSSR count). The summed E-state index contributed by atoms with van der Waals surface area (Å²) < 4.78 is 36.6. The Morgan fingerprint density at radius 2 is 1.54 bits per heavy atom. The maximum Gasteiger partial charge on any atom is 0.421 e. The number of hydrogen-bond acceptors (Lipinski definition) is 1. The van der Waals surface area contributed by atoms with E-state index in [-0.39, 0.29) is 5.56 Å². The maximum absolute atomic E-state index is 12.2. The van der Waals surface area contributed by atoms with Gasteiger partial charge < -0.3 is 5.11 Å². The Bertz CT molecular complexity index is 277. The summed E-state index contributed by atoms with van der Waals surface area (Å²) in [7, 11) is 0. The first-order chi connectivity index (χ1) is 5.86. The van der Waals surface area contributed by atoms with Gasteiger partial charge in [-0.15, -0.1) is 0 Å². The fourth-order valence-corrected chi connectivity index (χ4v) is 0.878. The van der Waals surface area contributed by atoms with Gasteiger partial charge in [0.1, 0.15) is 0 Å². The van der Waals surface area contributed by atoms with Crippen LogP contribution in [0.5, 0.6) is 0 Å². The zero-order valence-corrected chi connectivity index (χ0v) is 6.67. The van der Waals surface area contributed by atoms with E-state index >= 15 is 0 Å². The van der Waals surface area contributed by atoms with Crippen LogP contribution in [0.15, 0.2) is 30.3 Å².